The Balaban J connectivity index is 1.15. The molecule has 3 atom stereocenters. The Labute approximate surface area is 253 Å². The van der Waals surface area contributed by atoms with Crippen molar-refractivity contribution in [2.45, 2.75) is 38.8 Å². The lowest BCUT2D eigenvalue weighted by molar-refractivity contribution is 0.697. The summed E-state index contributed by atoms with van der Waals surface area (Å²) < 4.78 is 0. The predicted molar refractivity (Wildman–Crippen MR) is 183 cm³/mol. The standard InChI is InChI=1S/C40H35N3/c1-26-11-9-15-30(23-26)39-41-38(27-12-3-2-4-13-27)42-40(43-39)31-16-10-14-28(24-31)29-21-22-36-34-19-6-5-17-32(34)33-18-7-8-20-35(33)37(36)25-29/h2-3,5-12,14-22,25-26,31,38H,4,13,23-24H2,1H3,(H,41,42,43)/t26?,31-,38?/m0/s1. The molecule has 0 aromatic heterocycles. The van der Waals surface area contributed by atoms with Crippen LogP contribution >= 0.6 is 0 Å². The Kier molecular flexibility index (Phi) is 6.52. The van der Waals surface area contributed by atoms with E-state index in [1.807, 2.05) is 0 Å². The monoisotopic (exact) mass is 557 g/mol. The van der Waals surface area contributed by atoms with Gasteiger partial charge in [-0.15, -0.1) is 0 Å². The molecule has 4 aliphatic rings. The van der Waals surface area contributed by atoms with Gasteiger partial charge in [-0.1, -0.05) is 122 Å². The average Bonchev–Trinajstić information content (AvgIpc) is 3.08. The fourth-order valence-electron chi connectivity index (χ4n) is 7.03. The maximum Gasteiger partial charge on any atom is 0.165 e. The molecule has 0 saturated carbocycles. The van der Waals surface area contributed by atoms with Crippen LogP contribution in [0.25, 0.3) is 37.9 Å². The molecule has 0 spiro atoms. The number of aliphatic imine (C=N–C) groups is 2. The van der Waals surface area contributed by atoms with Gasteiger partial charge in [-0.2, -0.15) is 0 Å². The minimum absolute atomic E-state index is 0.161. The Morgan fingerprint density at radius 3 is 2.09 bits per heavy atom. The Morgan fingerprint density at radius 1 is 0.674 bits per heavy atom. The Hall–Kier alpha value is -4.76. The lowest BCUT2D eigenvalue weighted by Gasteiger charge is -2.30. The van der Waals surface area contributed by atoms with E-state index in [1.165, 1.54) is 54.6 Å². The van der Waals surface area contributed by atoms with Crippen LogP contribution in [-0.2, 0) is 0 Å². The molecule has 3 nitrogen and oxygen atoms in total. The number of benzene rings is 4. The van der Waals surface area contributed by atoms with Crippen molar-refractivity contribution in [1.82, 2.24) is 5.32 Å². The Morgan fingerprint density at radius 2 is 1.37 bits per heavy atom. The SMILES string of the molecule is CC1C=CC=C(C2=NC(C3=CC=CCC3)N=C([C@H]3C=CC=C(c4ccc5c6ccccc6c6ccccc6c5c4)C3)N2)C1. The number of allylic oxidation sites excluding steroid dienone is 9. The number of hydrogen-bond acceptors (Lipinski definition) is 3. The number of hydrogen-bond donors (Lipinski definition) is 1. The molecule has 4 aromatic rings. The maximum absolute atomic E-state index is 5.24. The molecule has 2 unspecified atom stereocenters. The van der Waals surface area contributed by atoms with E-state index in [0.29, 0.717) is 5.92 Å². The summed E-state index contributed by atoms with van der Waals surface area (Å²) in [6.07, 6.45) is 23.8. The molecule has 4 aromatic carbocycles. The van der Waals surface area contributed by atoms with Crippen molar-refractivity contribution in [1.29, 1.82) is 0 Å². The van der Waals surface area contributed by atoms with Gasteiger partial charge in [0.05, 0.1) is 0 Å². The van der Waals surface area contributed by atoms with Crippen LogP contribution in [0.1, 0.15) is 38.2 Å². The number of nitrogens with one attached hydrogen (secondary N) is 1. The summed E-state index contributed by atoms with van der Waals surface area (Å²) in [4.78, 5) is 10.4. The molecule has 3 heteroatoms. The molecule has 1 N–H and O–H groups in total. The second kappa shape index (κ2) is 10.8. The minimum atomic E-state index is -0.165. The zero-order valence-corrected chi connectivity index (χ0v) is 24.5. The summed E-state index contributed by atoms with van der Waals surface area (Å²) >= 11 is 0. The zero-order valence-electron chi connectivity index (χ0n) is 24.5. The molecule has 3 aliphatic carbocycles. The third-order valence-corrected chi connectivity index (χ3v) is 9.27. The van der Waals surface area contributed by atoms with Crippen LogP contribution in [0.4, 0.5) is 0 Å². The molecule has 0 bridgehead atoms. The van der Waals surface area contributed by atoms with Crippen molar-refractivity contribution in [3.63, 3.8) is 0 Å². The van der Waals surface area contributed by atoms with Gasteiger partial charge in [0.1, 0.15) is 11.7 Å². The highest BCUT2D eigenvalue weighted by Gasteiger charge is 2.28. The van der Waals surface area contributed by atoms with Gasteiger partial charge in [-0.05, 0) is 92.3 Å². The first-order valence-electron chi connectivity index (χ1n) is 15.6. The van der Waals surface area contributed by atoms with E-state index in [4.69, 9.17) is 9.98 Å². The molecule has 0 radical (unpaired) electrons. The summed E-state index contributed by atoms with van der Waals surface area (Å²) in [5, 5.41) is 11.6. The second-order valence-electron chi connectivity index (χ2n) is 12.2. The van der Waals surface area contributed by atoms with Gasteiger partial charge in [0.25, 0.3) is 0 Å². The molecule has 1 aliphatic heterocycles. The van der Waals surface area contributed by atoms with Gasteiger partial charge >= 0.3 is 0 Å². The Bertz CT molecular complexity index is 1990. The maximum atomic E-state index is 5.24. The van der Waals surface area contributed by atoms with Crippen LogP contribution in [0, 0.1) is 11.8 Å². The second-order valence-corrected chi connectivity index (χ2v) is 12.2. The number of nitrogens with zero attached hydrogens (tertiary/aromatic N) is 2. The minimum Gasteiger partial charge on any atom is -0.328 e. The van der Waals surface area contributed by atoms with Gasteiger partial charge in [-0.3, -0.25) is 0 Å². The zero-order chi connectivity index (χ0) is 28.8. The predicted octanol–water partition coefficient (Wildman–Crippen LogP) is 9.63. The molecule has 0 saturated heterocycles. The third-order valence-electron chi connectivity index (χ3n) is 9.27. The van der Waals surface area contributed by atoms with Gasteiger partial charge < -0.3 is 5.32 Å². The van der Waals surface area contributed by atoms with E-state index in [1.54, 1.807) is 0 Å². The van der Waals surface area contributed by atoms with Crippen LogP contribution in [0.5, 0.6) is 0 Å². The summed E-state index contributed by atoms with van der Waals surface area (Å²) in [5.41, 5.74) is 5.18. The van der Waals surface area contributed by atoms with Gasteiger partial charge in [0.15, 0.2) is 6.17 Å². The van der Waals surface area contributed by atoms with Gasteiger partial charge in [0.2, 0.25) is 0 Å². The van der Waals surface area contributed by atoms with Crippen molar-refractivity contribution >= 4 is 49.6 Å². The van der Waals surface area contributed by atoms with E-state index in [9.17, 15) is 0 Å². The lowest BCUT2D eigenvalue weighted by Crippen LogP contribution is -2.42. The van der Waals surface area contributed by atoms with Crippen molar-refractivity contribution < 1.29 is 0 Å². The fraction of sp³-hybridized carbons (Fsp3) is 0.200. The quantitative estimate of drug-likeness (QED) is 0.249. The van der Waals surface area contributed by atoms with E-state index in [0.717, 1.165) is 37.4 Å². The highest BCUT2D eigenvalue weighted by atomic mass is 15.2. The summed E-state index contributed by atoms with van der Waals surface area (Å²) in [6, 6.07) is 24.6. The van der Waals surface area contributed by atoms with Crippen molar-refractivity contribution in [2.75, 3.05) is 0 Å². The molecular weight excluding hydrogens is 522 g/mol. The molecule has 0 fully saturated rings. The van der Waals surface area contributed by atoms with E-state index < -0.39 is 0 Å². The first-order chi connectivity index (χ1) is 21.2. The van der Waals surface area contributed by atoms with E-state index in [-0.39, 0.29) is 12.1 Å². The van der Waals surface area contributed by atoms with Crippen molar-refractivity contribution in [2.24, 2.45) is 21.8 Å². The molecule has 1 heterocycles. The summed E-state index contributed by atoms with van der Waals surface area (Å²) in [7, 11) is 0. The van der Waals surface area contributed by atoms with Crippen molar-refractivity contribution in [3.05, 3.63) is 138 Å². The van der Waals surface area contributed by atoms with Crippen LogP contribution in [0.2, 0.25) is 0 Å². The molecule has 0 amide bonds. The van der Waals surface area contributed by atoms with Crippen LogP contribution in [-0.4, -0.2) is 17.8 Å². The molecular formula is C40H35N3. The lowest BCUT2D eigenvalue weighted by atomic mass is 9.86. The third kappa shape index (κ3) is 4.79. The summed E-state index contributed by atoms with van der Waals surface area (Å²) in [6.45, 7) is 2.27. The van der Waals surface area contributed by atoms with Gasteiger partial charge in [-0.25, -0.2) is 9.98 Å². The first kappa shape index (κ1) is 25.9. The summed E-state index contributed by atoms with van der Waals surface area (Å²) in [5.74, 6) is 2.67. The highest BCUT2D eigenvalue weighted by Crippen LogP contribution is 2.38. The first-order valence-corrected chi connectivity index (χ1v) is 15.6. The topological polar surface area (TPSA) is 36.8 Å². The van der Waals surface area contributed by atoms with Crippen molar-refractivity contribution in [3.8, 4) is 0 Å². The van der Waals surface area contributed by atoms with E-state index in [2.05, 4.69) is 134 Å². The van der Waals surface area contributed by atoms with Crippen LogP contribution < -0.4 is 5.32 Å². The number of fused-ring (bicyclic) bond motifs is 6. The molecule has 43 heavy (non-hydrogen) atoms. The highest BCUT2D eigenvalue weighted by molar-refractivity contribution is 6.25. The molecule has 210 valence electrons. The largest absolute Gasteiger partial charge is 0.328 e. The number of amidine groups is 2. The molecule has 8 rings (SSSR count). The normalized spacial score (nSPS) is 23.5. The van der Waals surface area contributed by atoms with Crippen LogP contribution in [0.15, 0.2) is 143 Å². The number of rotatable bonds is 4. The fourth-order valence-corrected chi connectivity index (χ4v) is 7.03. The smallest absolute Gasteiger partial charge is 0.165 e. The van der Waals surface area contributed by atoms with Gasteiger partial charge in [0, 0.05) is 5.92 Å². The van der Waals surface area contributed by atoms with E-state index >= 15 is 0 Å². The average molecular weight is 558 g/mol. The van der Waals surface area contributed by atoms with Crippen LogP contribution in [0.3, 0.4) is 0 Å².